The van der Waals surface area contributed by atoms with Crippen molar-refractivity contribution in [2.24, 2.45) is 0 Å². The van der Waals surface area contributed by atoms with Crippen LogP contribution in [0.3, 0.4) is 0 Å². The lowest BCUT2D eigenvalue weighted by molar-refractivity contribution is 0.702. The van der Waals surface area contributed by atoms with Crippen LogP contribution in [-0.2, 0) is 6.42 Å². The largest absolute Gasteiger partial charge is 0.367 e. The maximum atomic E-state index is 5.74. The Morgan fingerprint density at radius 2 is 2.00 bits per heavy atom. The Kier molecular flexibility index (Phi) is 4.53. The standard InChI is InChI=1S/C14H16ClN3/c1-11(7-8-12-5-3-2-4-6-12)17-13-9-10-16-14(15)18-13/h2-6,9-11H,7-8H2,1H3,(H,16,17,18). The van der Waals surface area contributed by atoms with E-state index in [1.54, 1.807) is 6.20 Å². The number of rotatable bonds is 5. The van der Waals surface area contributed by atoms with Crippen molar-refractivity contribution < 1.29 is 0 Å². The van der Waals surface area contributed by atoms with Crippen LogP contribution in [0.5, 0.6) is 0 Å². The fourth-order valence-electron chi connectivity index (χ4n) is 1.77. The highest BCUT2D eigenvalue weighted by Crippen LogP contribution is 2.11. The summed E-state index contributed by atoms with van der Waals surface area (Å²) >= 11 is 5.74. The Bertz CT molecular complexity index is 487. The first-order chi connectivity index (χ1) is 8.74. The Morgan fingerprint density at radius 3 is 2.72 bits per heavy atom. The third kappa shape index (κ3) is 4.00. The van der Waals surface area contributed by atoms with E-state index in [1.807, 2.05) is 12.1 Å². The molecule has 2 rings (SSSR count). The van der Waals surface area contributed by atoms with Crippen molar-refractivity contribution in [3.05, 3.63) is 53.4 Å². The molecule has 0 aliphatic heterocycles. The SMILES string of the molecule is CC(CCc1ccccc1)Nc1ccnc(Cl)n1. The zero-order chi connectivity index (χ0) is 12.8. The number of aryl methyl sites for hydroxylation is 1. The number of halogens is 1. The minimum atomic E-state index is 0.273. The molecule has 1 heterocycles. The number of aromatic nitrogens is 2. The van der Waals surface area contributed by atoms with E-state index in [1.165, 1.54) is 5.56 Å². The molecule has 1 N–H and O–H groups in total. The van der Waals surface area contributed by atoms with Gasteiger partial charge in [-0.3, -0.25) is 0 Å². The number of nitrogens with zero attached hydrogens (tertiary/aromatic N) is 2. The number of anilines is 1. The minimum absolute atomic E-state index is 0.273. The van der Waals surface area contributed by atoms with Gasteiger partial charge in [-0.15, -0.1) is 0 Å². The van der Waals surface area contributed by atoms with Gasteiger partial charge in [0.2, 0.25) is 5.28 Å². The van der Waals surface area contributed by atoms with E-state index < -0.39 is 0 Å². The van der Waals surface area contributed by atoms with Gasteiger partial charge in [-0.05, 0) is 43.0 Å². The smallest absolute Gasteiger partial charge is 0.224 e. The van der Waals surface area contributed by atoms with Gasteiger partial charge < -0.3 is 5.32 Å². The van der Waals surface area contributed by atoms with Gasteiger partial charge in [-0.25, -0.2) is 9.97 Å². The Balaban J connectivity index is 1.84. The summed E-state index contributed by atoms with van der Waals surface area (Å²) in [7, 11) is 0. The normalized spacial score (nSPS) is 12.1. The van der Waals surface area contributed by atoms with Crippen molar-refractivity contribution in [1.82, 2.24) is 9.97 Å². The molecule has 0 radical (unpaired) electrons. The molecule has 0 amide bonds. The van der Waals surface area contributed by atoms with Crippen molar-refractivity contribution in [2.45, 2.75) is 25.8 Å². The first-order valence-corrected chi connectivity index (χ1v) is 6.41. The second-order valence-electron chi connectivity index (χ2n) is 4.28. The van der Waals surface area contributed by atoms with Gasteiger partial charge in [0, 0.05) is 12.2 Å². The molecule has 2 aromatic rings. The second kappa shape index (κ2) is 6.36. The summed E-state index contributed by atoms with van der Waals surface area (Å²) in [4.78, 5) is 7.97. The summed E-state index contributed by atoms with van der Waals surface area (Å²) in [5.41, 5.74) is 1.35. The van der Waals surface area contributed by atoms with Gasteiger partial charge in [-0.1, -0.05) is 30.3 Å². The molecule has 0 fully saturated rings. The highest BCUT2D eigenvalue weighted by molar-refractivity contribution is 6.28. The number of hydrogen-bond donors (Lipinski definition) is 1. The Labute approximate surface area is 112 Å². The van der Waals surface area contributed by atoms with E-state index in [0.29, 0.717) is 6.04 Å². The number of nitrogens with one attached hydrogen (secondary N) is 1. The van der Waals surface area contributed by atoms with Crippen LogP contribution < -0.4 is 5.32 Å². The molecule has 18 heavy (non-hydrogen) atoms. The summed E-state index contributed by atoms with van der Waals surface area (Å²) < 4.78 is 0. The van der Waals surface area contributed by atoms with E-state index >= 15 is 0 Å². The van der Waals surface area contributed by atoms with Crippen LogP contribution in [-0.4, -0.2) is 16.0 Å². The summed E-state index contributed by atoms with van der Waals surface area (Å²) in [5, 5.41) is 3.59. The summed E-state index contributed by atoms with van der Waals surface area (Å²) in [6, 6.07) is 12.6. The quantitative estimate of drug-likeness (QED) is 0.837. The highest BCUT2D eigenvalue weighted by atomic mass is 35.5. The van der Waals surface area contributed by atoms with Crippen molar-refractivity contribution in [3.63, 3.8) is 0 Å². The monoisotopic (exact) mass is 261 g/mol. The van der Waals surface area contributed by atoms with E-state index in [0.717, 1.165) is 18.7 Å². The average Bonchev–Trinajstić information content (AvgIpc) is 2.38. The van der Waals surface area contributed by atoms with Gasteiger partial charge in [0.25, 0.3) is 0 Å². The first kappa shape index (κ1) is 12.8. The first-order valence-electron chi connectivity index (χ1n) is 6.03. The summed E-state index contributed by atoms with van der Waals surface area (Å²) in [6.07, 6.45) is 3.75. The summed E-state index contributed by atoms with van der Waals surface area (Å²) in [6.45, 7) is 2.14. The molecule has 3 nitrogen and oxygen atoms in total. The maximum Gasteiger partial charge on any atom is 0.224 e. The summed E-state index contributed by atoms with van der Waals surface area (Å²) in [5.74, 6) is 0.774. The fourth-order valence-corrected chi connectivity index (χ4v) is 1.92. The van der Waals surface area contributed by atoms with Gasteiger partial charge in [0.15, 0.2) is 0 Å². The van der Waals surface area contributed by atoms with Crippen LogP contribution in [0, 0.1) is 0 Å². The van der Waals surface area contributed by atoms with E-state index in [4.69, 9.17) is 11.6 Å². The fraction of sp³-hybridized carbons (Fsp3) is 0.286. The van der Waals surface area contributed by atoms with Gasteiger partial charge in [-0.2, -0.15) is 0 Å². The van der Waals surface area contributed by atoms with Crippen LogP contribution in [0.15, 0.2) is 42.6 Å². The molecule has 1 atom stereocenters. The van der Waals surface area contributed by atoms with Crippen LogP contribution in [0.1, 0.15) is 18.9 Å². The molecule has 1 aromatic carbocycles. The molecule has 0 bridgehead atoms. The van der Waals surface area contributed by atoms with Crippen molar-refractivity contribution in [3.8, 4) is 0 Å². The van der Waals surface area contributed by atoms with Crippen LogP contribution >= 0.6 is 11.6 Å². The zero-order valence-corrected chi connectivity index (χ0v) is 11.1. The second-order valence-corrected chi connectivity index (χ2v) is 4.62. The molecular weight excluding hydrogens is 246 g/mol. The molecule has 0 saturated carbocycles. The highest BCUT2D eigenvalue weighted by Gasteiger charge is 2.04. The molecule has 4 heteroatoms. The lowest BCUT2D eigenvalue weighted by atomic mass is 10.1. The lowest BCUT2D eigenvalue weighted by Gasteiger charge is -2.14. The minimum Gasteiger partial charge on any atom is -0.367 e. The zero-order valence-electron chi connectivity index (χ0n) is 10.3. The van der Waals surface area contributed by atoms with Crippen molar-refractivity contribution in [2.75, 3.05) is 5.32 Å². The Morgan fingerprint density at radius 1 is 1.22 bits per heavy atom. The molecule has 1 unspecified atom stereocenters. The van der Waals surface area contributed by atoms with Crippen LogP contribution in [0.4, 0.5) is 5.82 Å². The maximum absolute atomic E-state index is 5.74. The predicted molar refractivity (Wildman–Crippen MR) is 74.9 cm³/mol. The molecule has 0 saturated heterocycles. The van der Waals surface area contributed by atoms with Gasteiger partial charge in [0.1, 0.15) is 5.82 Å². The van der Waals surface area contributed by atoms with Crippen LogP contribution in [0.2, 0.25) is 5.28 Å². The molecule has 0 spiro atoms. The molecule has 94 valence electrons. The third-order valence-corrected chi connectivity index (χ3v) is 2.91. The topological polar surface area (TPSA) is 37.8 Å². The molecule has 0 aliphatic rings. The number of benzene rings is 1. The molecular formula is C14H16ClN3. The van der Waals surface area contributed by atoms with Crippen molar-refractivity contribution >= 4 is 17.4 Å². The van der Waals surface area contributed by atoms with E-state index in [2.05, 4.69) is 46.5 Å². The number of hydrogen-bond acceptors (Lipinski definition) is 3. The Hall–Kier alpha value is -1.61. The lowest BCUT2D eigenvalue weighted by Crippen LogP contribution is -2.17. The average molecular weight is 262 g/mol. The van der Waals surface area contributed by atoms with Gasteiger partial charge >= 0.3 is 0 Å². The molecule has 0 aliphatic carbocycles. The van der Waals surface area contributed by atoms with Crippen LogP contribution in [0.25, 0.3) is 0 Å². The van der Waals surface area contributed by atoms with Crippen molar-refractivity contribution in [1.29, 1.82) is 0 Å². The van der Waals surface area contributed by atoms with E-state index in [-0.39, 0.29) is 5.28 Å². The third-order valence-electron chi connectivity index (χ3n) is 2.73. The predicted octanol–water partition coefficient (Wildman–Crippen LogP) is 3.56. The van der Waals surface area contributed by atoms with Gasteiger partial charge in [0.05, 0.1) is 0 Å². The molecule has 1 aromatic heterocycles. The van der Waals surface area contributed by atoms with E-state index in [9.17, 15) is 0 Å².